The zero-order valence-electron chi connectivity index (χ0n) is 14.5. The number of rotatable bonds is 4. The molecule has 6 nitrogen and oxygen atoms in total. The molecule has 1 fully saturated rings. The molecule has 3 aromatic heterocycles. The zero-order valence-corrected chi connectivity index (χ0v) is 15.4. The molecule has 0 aromatic carbocycles. The topological polar surface area (TPSA) is 72.2 Å². The molecule has 1 N–H and O–H groups in total. The van der Waals surface area contributed by atoms with Crippen LogP contribution in [-0.2, 0) is 0 Å². The molecule has 0 bridgehead atoms. The summed E-state index contributed by atoms with van der Waals surface area (Å²) in [4.78, 5) is 18.0. The second-order valence-electron chi connectivity index (χ2n) is 6.70. The third kappa shape index (κ3) is 3.29. The lowest BCUT2D eigenvalue weighted by atomic mass is 10.1. The van der Waals surface area contributed by atoms with Gasteiger partial charge in [-0.15, -0.1) is 0 Å². The number of nitrogens with zero attached hydrogens (tertiary/aromatic N) is 4. The van der Waals surface area contributed by atoms with Gasteiger partial charge in [-0.1, -0.05) is 0 Å². The maximum absolute atomic E-state index is 13.2. The van der Waals surface area contributed by atoms with E-state index in [0.29, 0.717) is 24.2 Å². The van der Waals surface area contributed by atoms with Crippen LogP contribution in [0.25, 0.3) is 16.9 Å². The van der Waals surface area contributed by atoms with Crippen molar-refractivity contribution in [2.75, 3.05) is 0 Å². The molecule has 1 amide bonds. The highest BCUT2D eigenvalue weighted by Crippen LogP contribution is 2.40. The van der Waals surface area contributed by atoms with E-state index in [-0.39, 0.29) is 11.2 Å². The minimum atomic E-state index is -4.48. The van der Waals surface area contributed by atoms with Crippen molar-refractivity contribution in [3.63, 3.8) is 0 Å². The van der Waals surface area contributed by atoms with Gasteiger partial charge in [0.05, 0.1) is 18.1 Å². The maximum atomic E-state index is 13.2. The highest BCUT2D eigenvalue weighted by molar-refractivity contribution is 7.06. The molecule has 142 valence electrons. The lowest BCUT2D eigenvalue weighted by Gasteiger charge is -2.20. The fourth-order valence-corrected chi connectivity index (χ4v) is 3.64. The smallest absolute Gasteiger partial charge is 0.340 e. The fourth-order valence-electron chi connectivity index (χ4n) is 3.07. The van der Waals surface area contributed by atoms with Crippen molar-refractivity contribution in [2.24, 2.45) is 5.92 Å². The monoisotopic (exact) mass is 395 g/mol. The third-order valence-corrected chi connectivity index (χ3v) is 5.36. The number of halogens is 3. The number of amides is 1. The predicted molar refractivity (Wildman–Crippen MR) is 93.6 cm³/mol. The first-order valence-electron chi connectivity index (χ1n) is 8.40. The second kappa shape index (κ2) is 6.29. The number of alkyl halides is 3. The van der Waals surface area contributed by atoms with E-state index in [9.17, 15) is 18.0 Å². The Morgan fingerprint density at radius 1 is 1.33 bits per heavy atom. The molecule has 1 saturated carbocycles. The van der Waals surface area contributed by atoms with Crippen LogP contribution in [0.4, 0.5) is 13.2 Å². The molecule has 0 radical (unpaired) electrons. The molecule has 10 heteroatoms. The standard InChI is InChI=1S/C17H16F3N5OS/c1-8-5-13(11-7-22-27-9(11)2)23-15-12(6-21-25(8)15)16(26)24-14(10-3-4-10)17(18,19)20/h5-7,10,14H,3-4H2,1-2H3,(H,24,26)/t14-/m0/s1. The lowest BCUT2D eigenvalue weighted by molar-refractivity contribution is -0.158. The Labute approximate surface area is 156 Å². The van der Waals surface area contributed by atoms with Crippen molar-refractivity contribution in [1.29, 1.82) is 0 Å². The number of fused-ring (bicyclic) bond motifs is 1. The van der Waals surface area contributed by atoms with Gasteiger partial charge in [-0.2, -0.15) is 18.3 Å². The van der Waals surface area contributed by atoms with E-state index in [4.69, 9.17) is 0 Å². The number of carbonyl (C=O) groups excluding carboxylic acids is 1. The van der Waals surface area contributed by atoms with Gasteiger partial charge in [0, 0.05) is 16.1 Å². The van der Waals surface area contributed by atoms with Gasteiger partial charge in [-0.3, -0.25) is 4.79 Å². The highest BCUT2D eigenvalue weighted by Gasteiger charge is 2.49. The van der Waals surface area contributed by atoms with Crippen LogP contribution < -0.4 is 5.32 Å². The molecule has 0 aliphatic heterocycles. The molecule has 3 aromatic rings. The van der Waals surface area contributed by atoms with Gasteiger partial charge in [0.1, 0.15) is 11.6 Å². The van der Waals surface area contributed by atoms with Gasteiger partial charge in [-0.05, 0) is 50.2 Å². The van der Waals surface area contributed by atoms with Crippen molar-refractivity contribution in [3.8, 4) is 11.3 Å². The van der Waals surface area contributed by atoms with Crippen molar-refractivity contribution in [1.82, 2.24) is 24.3 Å². The van der Waals surface area contributed by atoms with E-state index in [2.05, 4.69) is 19.8 Å². The van der Waals surface area contributed by atoms with E-state index >= 15 is 0 Å². The van der Waals surface area contributed by atoms with Crippen LogP contribution in [0.15, 0.2) is 18.5 Å². The summed E-state index contributed by atoms with van der Waals surface area (Å²) in [6.45, 7) is 3.70. The predicted octanol–water partition coefficient (Wildman–Crippen LogP) is 3.54. The van der Waals surface area contributed by atoms with Crippen LogP contribution in [0, 0.1) is 19.8 Å². The summed E-state index contributed by atoms with van der Waals surface area (Å²) < 4.78 is 45.3. The van der Waals surface area contributed by atoms with Crippen molar-refractivity contribution in [2.45, 2.75) is 38.9 Å². The third-order valence-electron chi connectivity index (χ3n) is 4.65. The molecule has 0 unspecified atom stereocenters. The van der Waals surface area contributed by atoms with Gasteiger partial charge in [0.2, 0.25) is 0 Å². The van der Waals surface area contributed by atoms with Crippen molar-refractivity contribution < 1.29 is 18.0 Å². The van der Waals surface area contributed by atoms with Gasteiger partial charge in [0.25, 0.3) is 5.91 Å². The minimum Gasteiger partial charge on any atom is -0.340 e. The van der Waals surface area contributed by atoms with E-state index in [1.807, 2.05) is 6.92 Å². The Morgan fingerprint density at radius 2 is 2.07 bits per heavy atom. The van der Waals surface area contributed by atoms with Crippen LogP contribution in [0.5, 0.6) is 0 Å². The Kier molecular flexibility index (Phi) is 4.17. The van der Waals surface area contributed by atoms with E-state index < -0.39 is 24.0 Å². The number of hydrogen-bond donors (Lipinski definition) is 1. The van der Waals surface area contributed by atoms with E-state index in [0.717, 1.165) is 10.4 Å². The summed E-state index contributed by atoms with van der Waals surface area (Å²) in [5.41, 5.74) is 2.40. The molecule has 3 heterocycles. The Bertz CT molecular complexity index is 1020. The largest absolute Gasteiger partial charge is 0.408 e. The molecule has 1 aliphatic carbocycles. The van der Waals surface area contributed by atoms with Crippen LogP contribution in [-0.4, -0.2) is 37.1 Å². The number of carbonyl (C=O) groups is 1. The van der Waals surface area contributed by atoms with Crippen LogP contribution in [0.1, 0.15) is 33.8 Å². The van der Waals surface area contributed by atoms with Crippen molar-refractivity contribution in [3.05, 3.63) is 34.6 Å². The quantitative estimate of drug-likeness (QED) is 0.734. The maximum Gasteiger partial charge on any atom is 0.408 e. The summed E-state index contributed by atoms with van der Waals surface area (Å²) in [5.74, 6) is -1.37. The molecule has 1 aliphatic rings. The summed E-state index contributed by atoms with van der Waals surface area (Å²) in [7, 11) is 0. The summed E-state index contributed by atoms with van der Waals surface area (Å²) in [6.07, 6.45) is -0.612. The second-order valence-corrected chi connectivity index (χ2v) is 7.71. The lowest BCUT2D eigenvalue weighted by Crippen LogP contribution is -2.46. The highest BCUT2D eigenvalue weighted by atomic mass is 32.1. The first kappa shape index (κ1) is 17.9. The fraction of sp³-hybridized carbons (Fsp3) is 0.412. The SMILES string of the molecule is Cc1sncc1-c1cc(C)n2ncc(C(=O)N[C@@H](C3CC3)C(F)(F)F)c2n1. The Morgan fingerprint density at radius 3 is 2.67 bits per heavy atom. The average molecular weight is 395 g/mol. The normalized spacial score (nSPS) is 15.9. The molecule has 27 heavy (non-hydrogen) atoms. The first-order valence-corrected chi connectivity index (χ1v) is 9.17. The van der Waals surface area contributed by atoms with Crippen LogP contribution in [0.3, 0.4) is 0 Å². The van der Waals surface area contributed by atoms with Crippen LogP contribution in [0.2, 0.25) is 0 Å². The number of hydrogen-bond acceptors (Lipinski definition) is 5. The first-order chi connectivity index (χ1) is 12.8. The van der Waals surface area contributed by atoms with Gasteiger partial charge in [-0.25, -0.2) is 13.9 Å². The van der Waals surface area contributed by atoms with E-state index in [1.165, 1.54) is 22.2 Å². The Hall–Kier alpha value is -2.49. The number of aryl methyl sites for hydroxylation is 2. The van der Waals surface area contributed by atoms with Gasteiger partial charge < -0.3 is 5.32 Å². The van der Waals surface area contributed by atoms with Crippen molar-refractivity contribution >= 4 is 23.1 Å². The number of aromatic nitrogens is 4. The molecule has 4 rings (SSSR count). The summed E-state index contributed by atoms with van der Waals surface area (Å²) in [5, 5.41) is 6.24. The summed E-state index contributed by atoms with van der Waals surface area (Å²) in [6, 6.07) is -0.0336. The molecular weight excluding hydrogens is 379 g/mol. The molecular formula is C17H16F3N5OS. The van der Waals surface area contributed by atoms with Gasteiger partial charge >= 0.3 is 6.18 Å². The van der Waals surface area contributed by atoms with Gasteiger partial charge in [0.15, 0.2) is 5.65 Å². The number of nitrogens with one attached hydrogen (secondary N) is 1. The Balaban J connectivity index is 1.72. The van der Waals surface area contributed by atoms with E-state index in [1.54, 1.807) is 19.2 Å². The average Bonchev–Trinajstić information content (AvgIpc) is 3.17. The molecule has 0 saturated heterocycles. The zero-order chi connectivity index (χ0) is 19.3. The summed E-state index contributed by atoms with van der Waals surface area (Å²) >= 11 is 1.33. The molecule has 0 spiro atoms. The molecule has 1 atom stereocenters. The van der Waals surface area contributed by atoms with Crippen LogP contribution >= 0.6 is 11.5 Å². The minimum absolute atomic E-state index is 0.0238.